The zero-order valence-corrected chi connectivity index (χ0v) is 23.6. The number of aliphatic hydroxyl groups excluding tert-OH is 1. The Morgan fingerprint density at radius 2 is 1.62 bits per heavy atom. The summed E-state index contributed by atoms with van der Waals surface area (Å²) in [5.41, 5.74) is 5.37. The Morgan fingerprint density at radius 1 is 1.03 bits per heavy atom. The molecule has 3 aromatic rings. The van der Waals surface area contributed by atoms with Crippen LogP contribution in [0.15, 0.2) is 109 Å². The standard InChI is InChI=1S/C14H12ClNO.C14H17N.C2H6O.C2H6/c1-16-13-8-7-11(15)9-12(13)14(17)10-5-3-2-4-6-10;1-4-6-7-13(5-2)15-14-10-8-12(3)9-11-14;1-2-3;1-2/h2-9,16H,1H3;4-11,15H,2H2,1,3H3;3H,2H2,1H3;1-2H3/b;6-4-,13-7+;;. The molecule has 3 rings (SSSR count). The van der Waals surface area contributed by atoms with Gasteiger partial charge in [-0.3, -0.25) is 4.79 Å². The summed E-state index contributed by atoms with van der Waals surface area (Å²) >= 11 is 5.93. The van der Waals surface area contributed by atoms with Crippen LogP contribution < -0.4 is 10.6 Å². The highest BCUT2D eigenvalue weighted by molar-refractivity contribution is 6.31. The zero-order valence-electron chi connectivity index (χ0n) is 22.9. The van der Waals surface area contributed by atoms with E-state index >= 15 is 0 Å². The predicted molar refractivity (Wildman–Crippen MR) is 163 cm³/mol. The minimum Gasteiger partial charge on any atom is -0.397 e. The molecule has 0 fully saturated rings. The van der Waals surface area contributed by atoms with E-state index in [9.17, 15) is 4.79 Å². The molecule has 198 valence electrons. The second-order valence-corrected chi connectivity index (χ2v) is 7.73. The molecular formula is C32H41ClN2O2. The van der Waals surface area contributed by atoms with E-state index < -0.39 is 0 Å². The number of halogens is 1. The third kappa shape index (κ3) is 13.3. The van der Waals surface area contributed by atoms with Gasteiger partial charge in [-0.25, -0.2) is 0 Å². The van der Waals surface area contributed by atoms with Crippen molar-refractivity contribution in [2.75, 3.05) is 24.3 Å². The Hall–Kier alpha value is -3.60. The van der Waals surface area contributed by atoms with Crippen LogP contribution in [0.4, 0.5) is 11.4 Å². The number of carbonyl (C=O) groups excluding carboxylic acids is 1. The summed E-state index contributed by atoms with van der Waals surface area (Å²) in [7, 11) is 1.78. The van der Waals surface area contributed by atoms with Crippen LogP contribution in [-0.2, 0) is 0 Å². The van der Waals surface area contributed by atoms with Crippen molar-refractivity contribution in [3.05, 3.63) is 131 Å². The van der Waals surface area contributed by atoms with E-state index in [4.69, 9.17) is 16.7 Å². The minimum absolute atomic E-state index is 0.0301. The van der Waals surface area contributed by atoms with Gasteiger partial charge in [0.15, 0.2) is 5.78 Å². The predicted octanol–water partition coefficient (Wildman–Crippen LogP) is 8.69. The summed E-state index contributed by atoms with van der Waals surface area (Å²) in [4.78, 5) is 12.3. The van der Waals surface area contributed by atoms with E-state index in [1.165, 1.54) is 5.56 Å². The lowest BCUT2D eigenvalue weighted by atomic mass is 10.0. The van der Waals surface area contributed by atoms with Crippen LogP contribution in [0.2, 0.25) is 5.02 Å². The van der Waals surface area contributed by atoms with Gasteiger partial charge in [0.05, 0.1) is 0 Å². The normalized spacial score (nSPS) is 10.0. The highest BCUT2D eigenvalue weighted by Crippen LogP contribution is 2.23. The Bertz CT molecular complexity index is 1110. The van der Waals surface area contributed by atoms with Crippen LogP contribution in [0.1, 0.15) is 49.2 Å². The Morgan fingerprint density at radius 3 is 2.14 bits per heavy atom. The molecule has 3 aromatic carbocycles. The number of benzene rings is 3. The van der Waals surface area contributed by atoms with Crippen molar-refractivity contribution >= 4 is 28.8 Å². The maximum absolute atomic E-state index is 12.3. The average Bonchev–Trinajstić information content (AvgIpc) is 2.94. The number of aryl methyl sites for hydroxylation is 1. The van der Waals surface area contributed by atoms with Gasteiger partial charge in [0.2, 0.25) is 0 Å². The monoisotopic (exact) mass is 520 g/mol. The van der Waals surface area contributed by atoms with Crippen LogP contribution in [0, 0.1) is 6.92 Å². The van der Waals surface area contributed by atoms with Gasteiger partial charge in [-0.05, 0) is 63.3 Å². The molecule has 0 radical (unpaired) electrons. The van der Waals surface area contributed by atoms with Crippen molar-refractivity contribution in [3.8, 4) is 0 Å². The molecular weight excluding hydrogens is 480 g/mol. The summed E-state index contributed by atoms with van der Waals surface area (Å²) < 4.78 is 0. The largest absolute Gasteiger partial charge is 0.397 e. The number of ketones is 1. The Kier molecular flexibility index (Phi) is 18.6. The highest BCUT2D eigenvalue weighted by atomic mass is 35.5. The average molecular weight is 521 g/mol. The fourth-order valence-corrected chi connectivity index (χ4v) is 3.00. The Labute approximate surface area is 228 Å². The van der Waals surface area contributed by atoms with Crippen LogP contribution in [0.25, 0.3) is 0 Å². The fraction of sp³-hybridized carbons (Fsp3) is 0.219. The molecule has 4 nitrogen and oxygen atoms in total. The van der Waals surface area contributed by atoms with Crippen molar-refractivity contribution < 1.29 is 9.90 Å². The summed E-state index contributed by atoms with van der Waals surface area (Å²) in [6.07, 6.45) is 7.77. The van der Waals surface area contributed by atoms with Gasteiger partial charge in [-0.15, -0.1) is 0 Å². The first-order chi connectivity index (χ1) is 17.9. The lowest BCUT2D eigenvalue weighted by Crippen LogP contribution is -2.05. The van der Waals surface area contributed by atoms with Crippen LogP contribution in [-0.4, -0.2) is 24.5 Å². The van der Waals surface area contributed by atoms with Crippen molar-refractivity contribution in [1.29, 1.82) is 0 Å². The van der Waals surface area contributed by atoms with Crippen molar-refractivity contribution in [3.63, 3.8) is 0 Å². The van der Waals surface area contributed by atoms with Gasteiger partial charge in [-0.2, -0.15) is 0 Å². The second kappa shape index (κ2) is 20.6. The van der Waals surface area contributed by atoms with Gasteiger partial charge in [0.25, 0.3) is 0 Å². The van der Waals surface area contributed by atoms with Gasteiger partial charge < -0.3 is 15.7 Å². The molecule has 0 saturated carbocycles. The summed E-state index contributed by atoms with van der Waals surface area (Å²) in [5, 5.41) is 14.4. The number of hydrogen-bond donors (Lipinski definition) is 3. The summed E-state index contributed by atoms with van der Waals surface area (Å²) in [5.74, 6) is -0.0301. The number of allylic oxidation sites excluding steroid dienone is 4. The van der Waals surface area contributed by atoms with Crippen LogP contribution in [0.3, 0.4) is 0 Å². The SMILES string of the molecule is C=C/C(=C\C=C/C)Nc1ccc(C)cc1.CC.CCO.CNc1ccc(Cl)cc1C(=O)c1ccccc1. The molecule has 0 unspecified atom stereocenters. The molecule has 0 heterocycles. The van der Waals surface area contributed by atoms with E-state index in [0.717, 1.165) is 17.1 Å². The zero-order chi connectivity index (χ0) is 28.1. The molecule has 0 amide bonds. The number of rotatable bonds is 7. The van der Waals surface area contributed by atoms with Crippen LogP contribution in [0.5, 0.6) is 0 Å². The lowest BCUT2D eigenvalue weighted by molar-refractivity contribution is 0.103. The molecule has 0 bridgehead atoms. The maximum Gasteiger partial charge on any atom is 0.195 e. The highest BCUT2D eigenvalue weighted by Gasteiger charge is 2.13. The van der Waals surface area contributed by atoms with Crippen molar-refractivity contribution in [2.24, 2.45) is 0 Å². The number of nitrogens with one attached hydrogen (secondary N) is 2. The molecule has 0 aromatic heterocycles. The van der Waals surface area contributed by atoms with E-state index in [0.29, 0.717) is 16.1 Å². The minimum atomic E-state index is -0.0301. The third-order valence-corrected chi connectivity index (χ3v) is 4.80. The van der Waals surface area contributed by atoms with E-state index in [1.54, 1.807) is 50.4 Å². The molecule has 0 aliphatic rings. The first kappa shape index (κ1) is 33.4. The smallest absolute Gasteiger partial charge is 0.195 e. The van der Waals surface area contributed by atoms with Gasteiger partial charge in [-0.1, -0.05) is 92.2 Å². The molecule has 0 aliphatic carbocycles. The quantitative estimate of drug-likeness (QED) is 0.215. The van der Waals surface area contributed by atoms with Crippen molar-refractivity contribution in [2.45, 2.75) is 34.6 Å². The van der Waals surface area contributed by atoms with Gasteiger partial charge >= 0.3 is 0 Å². The first-order valence-corrected chi connectivity index (χ1v) is 12.7. The maximum atomic E-state index is 12.3. The molecule has 0 atom stereocenters. The second-order valence-electron chi connectivity index (χ2n) is 7.29. The molecule has 3 N–H and O–H groups in total. The first-order valence-electron chi connectivity index (χ1n) is 12.4. The summed E-state index contributed by atoms with van der Waals surface area (Å²) in [6.45, 7) is 13.8. The molecule has 37 heavy (non-hydrogen) atoms. The van der Waals surface area contributed by atoms with E-state index in [2.05, 4.69) is 48.4 Å². The number of hydrogen-bond acceptors (Lipinski definition) is 4. The third-order valence-electron chi connectivity index (χ3n) is 4.56. The lowest BCUT2D eigenvalue weighted by Gasteiger charge is -2.08. The molecule has 0 aliphatic heterocycles. The molecule has 0 saturated heterocycles. The van der Waals surface area contributed by atoms with Crippen LogP contribution >= 0.6 is 11.6 Å². The molecule has 0 spiro atoms. The van der Waals surface area contributed by atoms with E-state index in [-0.39, 0.29) is 12.4 Å². The number of carbonyl (C=O) groups is 1. The number of aliphatic hydroxyl groups is 1. The van der Waals surface area contributed by atoms with Crippen molar-refractivity contribution in [1.82, 2.24) is 0 Å². The van der Waals surface area contributed by atoms with Gasteiger partial charge in [0.1, 0.15) is 0 Å². The number of anilines is 2. The van der Waals surface area contributed by atoms with Gasteiger partial charge in [0, 0.05) is 46.9 Å². The Balaban J connectivity index is 0.000000601. The topological polar surface area (TPSA) is 61.4 Å². The van der Waals surface area contributed by atoms with E-state index in [1.807, 2.05) is 57.2 Å². The molecule has 5 heteroatoms. The summed E-state index contributed by atoms with van der Waals surface area (Å²) in [6, 6.07) is 22.7. The fourth-order valence-electron chi connectivity index (χ4n) is 2.83.